The maximum atomic E-state index is 12.4. The second-order valence-electron chi connectivity index (χ2n) is 5.99. The Balaban J connectivity index is 1.46. The number of aromatic amines is 1. The summed E-state index contributed by atoms with van der Waals surface area (Å²) in [5.74, 6) is -0.0474. The number of nitrogens with one attached hydrogen (secondary N) is 1. The van der Waals surface area contributed by atoms with Crippen LogP contribution < -0.4 is 4.90 Å². The minimum absolute atomic E-state index is 0.0474. The van der Waals surface area contributed by atoms with Crippen molar-refractivity contribution in [2.75, 3.05) is 31.1 Å². The predicted octanol–water partition coefficient (Wildman–Crippen LogP) is 1.53. The maximum Gasteiger partial charge on any atom is 0.300 e. The number of hydrogen-bond acceptors (Lipinski definition) is 6. The summed E-state index contributed by atoms with van der Waals surface area (Å²) in [5, 5.41) is 6.84. The van der Waals surface area contributed by atoms with Gasteiger partial charge in [0.05, 0.1) is 0 Å². The first-order chi connectivity index (χ1) is 11.6. The molecular formula is C16H18N6O2. The van der Waals surface area contributed by atoms with E-state index in [-0.39, 0.29) is 5.91 Å². The lowest BCUT2D eigenvalue weighted by atomic mass is 10.2. The van der Waals surface area contributed by atoms with E-state index in [9.17, 15) is 4.79 Å². The van der Waals surface area contributed by atoms with E-state index in [0.717, 1.165) is 11.4 Å². The zero-order valence-electron chi connectivity index (χ0n) is 13.6. The first-order valence-electron chi connectivity index (χ1n) is 7.90. The molecule has 0 aliphatic carbocycles. The van der Waals surface area contributed by atoms with E-state index < -0.39 is 0 Å². The maximum absolute atomic E-state index is 12.4. The van der Waals surface area contributed by atoms with Crippen LogP contribution in [0.1, 0.15) is 21.9 Å². The van der Waals surface area contributed by atoms with Gasteiger partial charge in [-0.1, -0.05) is 0 Å². The first kappa shape index (κ1) is 14.7. The van der Waals surface area contributed by atoms with Crippen molar-refractivity contribution < 1.29 is 9.21 Å². The van der Waals surface area contributed by atoms with E-state index in [1.165, 1.54) is 0 Å². The Hall–Kier alpha value is -2.90. The fraction of sp³-hybridized carbons (Fsp3) is 0.375. The summed E-state index contributed by atoms with van der Waals surface area (Å²) in [4.78, 5) is 25.1. The number of carbonyl (C=O) groups is 1. The minimum atomic E-state index is -0.0474. The van der Waals surface area contributed by atoms with Gasteiger partial charge < -0.3 is 14.2 Å². The number of fused-ring (bicyclic) bond motifs is 1. The Kier molecular flexibility index (Phi) is 3.44. The zero-order chi connectivity index (χ0) is 16.7. The molecule has 1 saturated heterocycles. The van der Waals surface area contributed by atoms with Crippen LogP contribution in [0.25, 0.3) is 11.2 Å². The third-order valence-corrected chi connectivity index (χ3v) is 4.14. The average Bonchev–Trinajstić information content (AvgIpc) is 3.20. The largest absolute Gasteiger partial charge is 0.422 e. The number of nitrogens with zero attached hydrogens (tertiary/aromatic N) is 5. The molecule has 124 valence electrons. The van der Waals surface area contributed by atoms with Crippen LogP contribution in [0.15, 0.2) is 22.6 Å². The third-order valence-electron chi connectivity index (χ3n) is 4.14. The molecule has 24 heavy (non-hydrogen) atoms. The van der Waals surface area contributed by atoms with Gasteiger partial charge in [0.15, 0.2) is 5.58 Å². The van der Waals surface area contributed by atoms with Crippen LogP contribution in [-0.2, 0) is 0 Å². The molecule has 1 N–H and O–H groups in total. The Morgan fingerprint density at radius 2 is 1.96 bits per heavy atom. The fourth-order valence-electron chi connectivity index (χ4n) is 2.83. The van der Waals surface area contributed by atoms with Crippen LogP contribution in [0.2, 0.25) is 0 Å². The van der Waals surface area contributed by atoms with Crippen molar-refractivity contribution in [1.82, 2.24) is 25.1 Å². The van der Waals surface area contributed by atoms with Gasteiger partial charge in [-0.2, -0.15) is 10.1 Å². The van der Waals surface area contributed by atoms with Crippen LogP contribution in [0.3, 0.4) is 0 Å². The summed E-state index contributed by atoms with van der Waals surface area (Å²) >= 11 is 0. The van der Waals surface area contributed by atoms with Crippen molar-refractivity contribution in [3.8, 4) is 0 Å². The Morgan fingerprint density at radius 1 is 1.17 bits per heavy atom. The number of H-pyrrole nitrogens is 1. The number of amides is 1. The molecule has 0 spiro atoms. The molecule has 0 radical (unpaired) electrons. The topological polar surface area (TPSA) is 91.2 Å². The molecule has 1 aliphatic rings. The molecule has 0 atom stereocenters. The number of aromatic nitrogens is 4. The molecule has 1 fully saturated rings. The summed E-state index contributed by atoms with van der Waals surface area (Å²) in [7, 11) is 0. The molecule has 0 unspecified atom stereocenters. The number of pyridine rings is 1. The van der Waals surface area contributed by atoms with Gasteiger partial charge in [0.25, 0.3) is 11.9 Å². The van der Waals surface area contributed by atoms with Crippen LogP contribution in [0, 0.1) is 13.8 Å². The normalized spacial score (nSPS) is 15.2. The van der Waals surface area contributed by atoms with Gasteiger partial charge in [-0.3, -0.25) is 9.89 Å². The highest BCUT2D eigenvalue weighted by Gasteiger charge is 2.26. The smallest absolute Gasteiger partial charge is 0.300 e. The van der Waals surface area contributed by atoms with Crippen molar-refractivity contribution in [2.24, 2.45) is 0 Å². The molecule has 1 amide bonds. The van der Waals surface area contributed by atoms with E-state index in [1.54, 1.807) is 11.0 Å². The number of oxazole rings is 1. The van der Waals surface area contributed by atoms with Gasteiger partial charge in [-0.15, -0.1) is 0 Å². The van der Waals surface area contributed by atoms with Crippen LogP contribution in [-0.4, -0.2) is 57.2 Å². The molecular weight excluding hydrogens is 308 g/mol. The predicted molar refractivity (Wildman–Crippen MR) is 88.0 cm³/mol. The number of rotatable bonds is 2. The molecule has 1 aliphatic heterocycles. The fourth-order valence-corrected chi connectivity index (χ4v) is 2.83. The minimum Gasteiger partial charge on any atom is -0.422 e. The van der Waals surface area contributed by atoms with E-state index in [4.69, 9.17) is 4.42 Å². The van der Waals surface area contributed by atoms with Crippen LogP contribution >= 0.6 is 0 Å². The summed E-state index contributed by atoms with van der Waals surface area (Å²) in [6.45, 7) is 6.35. The van der Waals surface area contributed by atoms with Gasteiger partial charge in [0.1, 0.15) is 5.69 Å². The zero-order valence-corrected chi connectivity index (χ0v) is 13.6. The standard InChI is InChI=1S/C16H18N6O2/c1-10-3-4-13-14(17-10)18-16(24-13)22-7-5-21(6-8-22)15(23)12-9-11(2)19-20-12/h3-4,9H,5-8H2,1-2H3,(H,19,20). The number of hydrogen-bond donors (Lipinski definition) is 1. The van der Waals surface area contributed by atoms with E-state index >= 15 is 0 Å². The quantitative estimate of drug-likeness (QED) is 0.768. The summed E-state index contributed by atoms with van der Waals surface area (Å²) < 4.78 is 5.78. The Labute approximate surface area is 138 Å². The molecule has 3 aromatic heterocycles. The van der Waals surface area contributed by atoms with E-state index in [2.05, 4.69) is 20.2 Å². The van der Waals surface area contributed by atoms with Gasteiger partial charge in [0, 0.05) is 37.6 Å². The average molecular weight is 326 g/mol. The van der Waals surface area contributed by atoms with Gasteiger partial charge in [-0.05, 0) is 32.0 Å². The van der Waals surface area contributed by atoms with Crippen molar-refractivity contribution in [3.63, 3.8) is 0 Å². The van der Waals surface area contributed by atoms with Crippen LogP contribution in [0.5, 0.6) is 0 Å². The molecule has 0 bridgehead atoms. The summed E-state index contributed by atoms with van der Waals surface area (Å²) in [6.07, 6.45) is 0. The Bertz CT molecular complexity index is 891. The molecule has 8 nitrogen and oxygen atoms in total. The first-order valence-corrected chi connectivity index (χ1v) is 7.90. The number of piperazine rings is 1. The van der Waals surface area contributed by atoms with Gasteiger partial charge in [0.2, 0.25) is 5.65 Å². The lowest BCUT2D eigenvalue weighted by Gasteiger charge is -2.33. The van der Waals surface area contributed by atoms with E-state index in [1.807, 2.05) is 30.9 Å². The number of aryl methyl sites for hydroxylation is 2. The van der Waals surface area contributed by atoms with Crippen molar-refractivity contribution >= 4 is 23.2 Å². The highest BCUT2D eigenvalue weighted by atomic mass is 16.4. The SMILES string of the molecule is Cc1ccc2oc(N3CCN(C(=O)c4cc(C)[nH]n4)CC3)nc2n1. The van der Waals surface area contributed by atoms with Crippen molar-refractivity contribution in [2.45, 2.75) is 13.8 Å². The monoisotopic (exact) mass is 326 g/mol. The number of anilines is 1. The second-order valence-corrected chi connectivity index (χ2v) is 5.99. The summed E-state index contributed by atoms with van der Waals surface area (Å²) in [6, 6.07) is 6.11. The van der Waals surface area contributed by atoms with E-state index in [0.29, 0.717) is 49.1 Å². The molecule has 8 heteroatoms. The Morgan fingerprint density at radius 3 is 2.67 bits per heavy atom. The lowest BCUT2D eigenvalue weighted by molar-refractivity contribution is 0.0739. The molecule has 0 saturated carbocycles. The molecule has 4 heterocycles. The highest BCUT2D eigenvalue weighted by Crippen LogP contribution is 2.22. The lowest BCUT2D eigenvalue weighted by Crippen LogP contribution is -2.49. The van der Waals surface area contributed by atoms with Crippen LogP contribution in [0.4, 0.5) is 6.01 Å². The molecule has 3 aromatic rings. The third kappa shape index (κ3) is 2.60. The van der Waals surface area contributed by atoms with Crippen molar-refractivity contribution in [3.05, 3.63) is 35.3 Å². The molecule has 4 rings (SSSR count). The van der Waals surface area contributed by atoms with Gasteiger partial charge in [-0.25, -0.2) is 4.98 Å². The summed E-state index contributed by atoms with van der Waals surface area (Å²) in [5.41, 5.74) is 3.55. The van der Waals surface area contributed by atoms with Gasteiger partial charge >= 0.3 is 0 Å². The highest BCUT2D eigenvalue weighted by molar-refractivity contribution is 5.92. The second kappa shape index (κ2) is 5.63. The molecule has 0 aromatic carbocycles. The van der Waals surface area contributed by atoms with Crippen molar-refractivity contribution in [1.29, 1.82) is 0 Å². The number of carbonyl (C=O) groups excluding carboxylic acids is 1.